The highest BCUT2D eigenvalue weighted by Crippen LogP contribution is 2.35. The van der Waals surface area contributed by atoms with Crippen LogP contribution < -0.4 is 4.74 Å². The summed E-state index contributed by atoms with van der Waals surface area (Å²) in [5, 5.41) is 11.8. The second-order valence-electron chi connectivity index (χ2n) is 7.44. The van der Waals surface area contributed by atoms with Crippen molar-refractivity contribution in [3.8, 4) is 17.0 Å². The first kappa shape index (κ1) is 17.8. The van der Waals surface area contributed by atoms with Gasteiger partial charge in [-0.2, -0.15) is 5.10 Å². The van der Waals surface area contributed by atoms with Gasteiger partial charge in [-0.3, -0.25) is 10.00 Å². The van der Waals surface area contributed by atoms with Gasteiger partial charge in [0.05, 0.1) is 25.0 Å². The first-order chi connectivity index (χ1) is 13.2. The Hall–Kier alpha value is -2.60. The number of aromatic nitrogens is 3. The normalized spacial score (nSPS) is 17.7. The Morgan fingerprint density at radius 1 is 1.33 bits per heavy atom. The molecule has 0 saturated carbocycles. The van der Waals surface area contributed by atoms with E-state index in [0.717, 1.165) is 48.0 Å². The molecule has 6 nitrogen and oxygen atoms in total. The number of nitrogens with zero attached hydrogens (tertiary/aromatic N) is 3. The Morgan fingerprint density at radius 3 is 3.00 bits per heavy atom. The molecule has 6 heteroatoms. The van der Waals surface area contributed by atoms with E-state index in [1.165, 1.54) is 12.0 Å². The van der Waals surface area contributed by atoms with Crippen molar-refractivity contribution in [2.45, 2.75) is 45.2 Å². The lowest BCUT2D eigenvalue weighted by molar-refractivity contribution is 0.236. The van der Waals surface area contributed by atoms with E-state index in [1.54, 1.807) is 7.11 Å². The Morgan fingerprint density at radius 2 is 2.22 bits per heavy atom. The van der Waals surface area contributed by atoms with Crippen LogP contribution in [0.15, 0.2) is 41.1 Å². The van der Waals surface area contributed by atoms with Crippen molar-refractivity contribution in [1.82, 2.24) is 20.3 Å². The fourth-order valence-corrected chi connectivity index (χ4v) is 3.76. The Bertz CT molecular complexity index is 899. The molecule has 0 aliphatic carbocycles. The van der Waals surface area contributed by atoms with Gasteiger partial charge < -0.3 is 9.26 Å². The van der Waals surface area contributed by atoms with E-state index in [0.29, 0.717) is 12.0 Å². The smallest absolute Gasteiger partial charge is 0.139 e. The average Bonchev–Trinajstić information content (AvgIpc) is 3.42. The highest BCUT2D eigenvalue weighted by Gasteiger charge is 2.30. The molecule has 1 aliphatic rings. The Balaban J connectivity index is 1.56. The molecule has 1 fully saturated rings. The van der Waals surface area contributed by atoms with E-state index in [1.807, 2.05) is 24.4 Å². The lowest BCUT2D eigenvalue weighted by Gasteiger charge is -2.22. The number of hydrogen-bond donors (Lipinski definition) is 1. The maximum Gasteiger partial charge on any atom is 0.139 e. The maximum absolute atomic E-state index is 5.53. The van der Waals surface area contributed by atoms with Crippen LogP contribution in [0, 0.1) is 0 Å². The van der Waals surface area contributed by atoms with Crippen LogP contribution in [0.25, 0.3) is 11.3 Å². The third-order valence-electron chi connectivity index (χ3n) is 5.27. The van der Waals surface area contributed by atoms with Crippen molar-refractivity contribution in [3.63, 3.8) is 0 Å². The molecule has 4 rings (SSSR count). The van der Waals surface area contributed by atoms with Gasteiger partial charge in [0.25, 0.3) is 0 Å². The van der Waals surface area contributed by atoms with E-state index < -0.39 is 0 Å². The van der Waals surface area contributed by atoms with E-state index in [-0.39, 0.29) is 0 Å². The van der Waals surface area contributed by atoms with E-state index in [4.69, 9.17) is 9.26 Å². The number of benzene rings is 1. The van der Waals surface area contributed by atoms with E-state index >= 15 is 0 Å². The largest absolute Gasteiger partial charge is 0.497 e. The van der Waals surface area contributed by atoms with Crippen LogP contribution >= 0.6 is 0 Å². The fraction of sp³-hybridized carbons (Fsp3) is 0.429. The molecular formula is C21H26N4O2. The predicted octanol–water partition coefficient (Wildman–Crippen LogP) is 4.53. The summed E-state index contributed by atoms with van der Waals surface area (Å²) >= 11 is 0. The molecule has 27 heavy (non-hydrogen) atoms. The van der Waals surface area contributed by atoms with E-state index in [9.17, 15) is 0 Å². The van der Waals surface area contributed by atoms with Gasteiger partial charge in [-0.05, 0) is 31.5 Å². The summed E-state index contributed by atoms with van der Waals surface area (Å²) < 4.78 is 10.9. The highest BCUT2D eigenvalue weighted by atomic mass is 16.5. The molecule has 1 N–H and O–H groups in total. The number of nitrogens with one attached hydrogen (secondary N) is 1. The van der Waals surface area contributed by atoms with Crippen molar-refractivity contribution in [2.75, 3.05) is 13.7 Å². The maximum atomic E-state index is 5.53. The van der Waals surface area contributed by atoms with Crippen LogP contribution in [0.1, 0.15) is 55.7 Å². The molecule has 1 saturated heterocycles. The molecule has 1 aromatic carbocycles. The van der Waals surface area contributed by atoms with Crippen LogP contribution in [-0.4, -0.2) is 33.9 Å². The molecule has 3 heterocycles. The van der Waals surface area contributed by atoms with Crippen molar-refractivity contribution in [1.29, 1.82) is 0 Å². The average molecular weight is 366 g/mol. The minimum Gasteiger partial charge on any atom is -0.497 e. The zero-order chi connectivity index (χ0) is 18.8. The number of methoxy groups -OCH3 is 1. The quantitative estimate of drug-likeness (QED) is 0.694. The summed E-state index contributed by atoms with van der Waals surface area (Å²) in [5.74, 6) is 2.16. The van der Waals surface area contributed by atoms with Crippen molar-refractivity contribution < 1.29 is 9.26 Å². The first-order valence-corrected chi connectivity index (χ1v) is 9.53. The predicted molar refractivity (Wildman–Crippen MR) is 104 cm³/mol. The number of H-pyrrole nitrogens is 1. The van der Waals surface area contributed by atoms with Crippen molar-refractivity contribution >= 4 is 0 Å². The molecule has 0 unspecified atom stereocenters. The van der Waals surface area contributed by atoms with Gasteiger partial charge in [0.1, 0.15) is 17.2 Å². The molecule has 142 valence electrons. The Kier molecular flexibility index (Phi) is 4.99. The number of likely N-dealkylation sites (tertiary alicyclic amines) is 1. The van der Waals surface area contributed by atoms with Crippen LogP contribution in [0.5, 0.6) is 5.75 Å². The van der Waals surface area contributed by atoms with Crippen molar-refractivity contribution in [3.05, 3.63) is 53.5 Å². The zero-order valence-corrected chi connectivity index (χ0v) is 16.1. The third kappa shape index (κ3) is 3.62. The monoisotopic (exact) mass is 366 g/mol. The number of rotatable bonds is 6. The van der Waals surface area contributed by atoms with Crippen LogP contribution in [0.4, 0.5) is 0 Å². The molecule has 0 spiro atoms. The van der Waals surface area contributed by atoms with Gasteiger partial charge in [-0.15, -0.1) is 0 Å². The molecular weight excluding hydrogens is 340 g/mol. The lowest BCUT2D eigenvalue weighted by atomic mass is 10.1. The fourth-order valence-electron chi connectivity index (χ4n) is 3.76. The van der Waals surface area contributed by atoms with Crippen LogP contribution in [-0.2, 0) is 6.54 Å². The van der Waals surface area contributed by atoms with E-state index in [2.05, 4.69) is 46.2 Å². The molecule has 0 amide bonds. The van der Waals surface area contributed by atoms with Gasteiger partial charge in [0.15, 0.2) is 0 Å². The number of ether oxygens (including phenoxy) is 1. The van der Waals surface area contributed by atoms with Crippen LogP contribution in [0.3, 0.4) is 0 Å². The topological polar surface area (TPSA) is 67.2 Å². The van der Waals surface area contributed by atoms with Crippen molar-refractivity contribution in [2.24, 2.45) is 0 Å². The minimum atomic E-state index is 0.300. The standard InChI is InChI=1S/C21H26N4O2/c1-14(2)20-11-18(24-27-20)19-8-5-9-25(19)13-16-12-22-23-21(16)15-6-4-7-17(10-15)26-3/h4,6-7,10-12,14,19H,5,8-9,13H2,1-3H3,(H,22,23)/t19-/m0/s1. The first-order valence-electron chi connectivity index (χ1n) is 9.53. The molecule has 0 radical (unpaired) electrons. The van der Waals surface area contributed by atoms with Gasteiger partial charge in [0.2, 0.25) is 0 Å². The molecule has 1 atom stereocenters. The zero-order valence-electron chi connectivity index (χ0n) is 16.1. The third-order valence-corrected chi connectivity index (χ3v) is 5.27. The van der Waals surface area contributed by atoms with Gasteiger partial charge in [-0.25, -0.2) is 0 Å². The van der Waals surface area contributed by atoms with Crippen LogP contribution in [0.2, 0.25) is 0 Å². The summed E-state index contributed by atoms with van der Waals surface area (Å²) in [5.41, 5.74) is 4.36. The second kappa shape index (κ2) is 7.56. The summed E-state index contributed by atoms with van der Waals surface area (Å²) in [6.07, 6.45) is 4.20. The SMILES string of the molecule is COc1cccc(-c2[nH]ncc2CN2CCC[C@H]2c2cc(C(C)C)on2)c1. The summed E-state index contributed by atoms with van der Waals surface area (Å²) in [7, 11) is 1.69. The Labute approximate surface area is 159 Å². The van der Waals surface area contributed by atoms with Gasteiger partial charge >= 0.3 is 0 Å². The summed E-state index contributed by atoms with van der Waals surface area (Å²) in [6, 6.07) is 10.5. The van der Waals surface area contributed by atoms with Gasteiger partial charge in [-0.1, -0.05) is 31.1 Å². The molecule has 3 aromatic rings. The summed E-state index contributed by atoms with van der Waals surface area (Å²) in [4.78, 5) is 2.47. The number of hydrogen-bond acceptors (Lipinski definition) is 5. The highest BCUT2D eigenvalue weighted by molar-refractivity contribution is 5.64. The lowest BCUT2D eigenvalue weighted by Crippen LogP contribution is -2.23. The molecule has 0 bridgehead atoms. The van der Waals surface area contributed by atoms with Gasteiger partial charge in [0, 0.05) is 29.7 Å². The number of aromatic amines is 1. The summed E-state index contributed by atoms with van der Waals surface area (Å²) in [6.45, 7) is 6.14. The minimum absolute atomic E-state index is 0.300. The molecule has 2 aromatic heterocycles. The second-order valence-corrected chi connectivity index (χ2v) is 7.44. The molecule has 1 aliphatic heterocycles.